The van der Waals surface area contributed by atoms with Crippen LogP contribution in [0.15, 0.2) is 47.8 Å². The number of aliphatic imine (C=N–C) groups is 1. The van der Waals surface area contributed by atoms with Gasteiger partial charge in [0.1, 0.15) is 6.04 Å². The molecule has 4 nitrogen and oxygen atoms in total. The van der Waals surface area contributed by atoms with Crippen LogP contribution in [0.4, 0.5) is 0 Å². The van der Waals surface area contributed by atoms with Crippen molar-refractivity contribution in [2.75, 3.05) is 6.54 Å². The fourth-order valence-corrected chi connectivity index (χ4v) is 4.58. The van der Waals surface area contributed by atoms with Crippen LogP contribution in [0.3, 0.4) is 0 Å². The minimum absolute atomic E-state index is 0.0806. The highest BCUT2D eigenvalue weighted by atomic mass is 32.2. The molecular weight excluding hydrogens is 316 g/mol. The number of fused-ring (bicyclic) bond motifs is 1. The Kier molecular flexibility index (Phi) is 3.71. The third-order valence-corrected chi connectivity index (χ3v) is 5.82. The SMILES string of the molecule is CC1CN2C(=NC(c3ccccn3)C2c2ccn(C(C)(C)C)c2)S1. The van der Waals surface area contributed by atoms with Crippen LogP contribution in [0.25, 0.3) is 0 Å². The second kappa shape index (κ2) is 5.66. The lowest BCUT2D eigenvalue weighted by Gasteiger charge is -2.27. The van der Waals surface area contributed by atoms with Crippen molar-refractivity contribution in [2.24, 2.45) is 4.99 Å². The van der Waals surface area contributed by atoms with Gasteiger partial charge in [0.2, 0.25) is 0 Å². The summed E-state index contributed by atoms with van der Waals surface area (Å²) in [7, 11) is 0. The zero-order valence-corrected chi connectivity index (χ0v) is 15.5. The number of thioether (sulfide) groups is 1. The van der Waals surface area contributed by atoms with Crippen LogP contribution < -0.4 is 0 Å². The summed E-state index contributed by atoms with van der Waals surface area (Å²) in [5.41, 5.74) is 2.48. The lowest BCUT2D eigenvalue weighted by molar-refractivity contribution is 0.319. The summed E-state index contributed by atoms with van der Waals surface area (Å²) in [5.74, 6) is 0. The van der Waals surface area contributed by atoms with Crippen molar-refractivity contribution in [1.82, 2.24) is 14.5 Å². The lowest BCUT2D eigenvalue weighted by atomic mass is 9.98. The van der Waals surface area contributed by atoms with Crippen molar-refractivity contribution in [3.05, 3.63) is 54.1 Å². The summed E-state index contributed by atoms with van der Waals surface area (Å²) in [6.45, 7) is 10.0. The zero-order chi connectivity index (χ0) is 16.9. The average molecular weight is 340 g/mol. The highest BCUT2D eigenvalue weighted by Gasteiger charge is 2.43. The molecule has 0 spiro atoms. The van der Waals surface area contributed by atoms with Gasteiger partial charge in [-0.15, -0.1) is 0 Å². The Balaban J connectivity index is 1.74. The van der Waals surface area contributed by atoms with Gasteiger partial charge < -0.3 is 9.47 Å². The normalized spacial score (nSPS) is 26.6. The first-order valence-electron chi connectivity index (χ1n) is 8.54. The highest BCUT2D eigenvalue weighted by Crippen LogP contribution is 2.47. The van der Waals surface area contributed by atoms with Gasteiger partial charge in [-0.25, -0.2) is 0 Å². The van der Waals surface area contributed by atoms with Crippen molar-refractivity contribution >= 4 is 16.9 Å². The van der Waals surface area contributed by atoms with Gasteiger partial charge in [0.05, 0.1) is 11.7 Å². The average Bonchev–Trinajstić information content (AvgIpc) is 3.20. The number of pyridine rings is 1. The molecular formula is C19H24N4S. The summed E-state index contributed by atoms with van der Waals surface area (Å²) in [4.78, 5) is 12.1. The molecule has 3 unspecified atom stereocenters. The first-order chi connectivity index (χ1) is 11.4. The van der Waals surface area contributed by atoms with Crippen molar-refractivity contribution < 1.29 is 0 Å². The first kappa shape index (κ1) is 15.8. The van der Waals surface area contributed by atoms with E-state index in [2.05, 4.69) is 72.7 Å². The van der Waals surface area contributed by atoms with Gasteiger partial charge in [0, 0.05) is 35.9 Å². The van der Waals surface area contributed by atoms with E-state index in [0.29, 0.717) is 5.25 Å². The number of hydrogen-bond acceptors (Lipinski definition) is 4. The van der Waals surface area contributed by atoms with Crippen LogP contribution in [0.5, 0.6) is 0 Å². The molecule has 4 rings (SSSR count). The molecule has 2 aliphatic rings. The molecule has 126 valence electrons. The molecule has 2 aromatic rings. The van der Waals surface area contributed by atoms with Crippen LogP contribution in [-0.2, 0) is 5.54 Å². The molecule has 1 saturated heterocycles. The maximum atomic E-state index is 5.03. The number of hydrogen-bond donors (Lipinski definition) is 0. The van der Waals surface area contributed by atoms with Crippen molar-refractivity contribution in [2.45, 2.75) is 50.6 Å². The largest absolute Gasteiger partial charge is 0.349 e. The van der Waals surface area contributed by atoms with E-state index in [1.807, 2.05) is 24.0 Å². The van der Waals surface area contributed by atoms with Crippen LogP contribution in [0, 0.1) is 0 Å². The lowest BCUT2D eigenvalue weighted by Crippen LogP contribution is -2.28. The van der Waals surface area contributed by atoms with Crippen molar-refractivity contribution in [3.63, 3.8) is 0 Å². The molecule has 4 heterocycles. The molecule has 2 aliphatic heterocycles. The Morgan fingerprint density at radius 2 is 2.04 bits per heavy atom. The first-order valence-corrected chi connectivity index (χ1v) is 9.42. The molecule has 5 heteroatoms. The van der Waals surface area contributed by atoms with E-state index >= 15 is 0 Å². The minimum Gasteiger partial charge on any atom is -0.349 e. The third kappa shape index (κ3) is 2.65. The summed E-state index contributed by atoms with van der Waals surface area (Å²) in [6.07, 6.45) is 6.34. The zero-order valence-electron chi connectivity index (χ0n) is 14.7. The molecule has 0 aromatic carbocycles. The van der Waals surface area contributed by atoms with Crippen LogP contribution in [0.2, 0.25) is 0 Å². The number of rotatable bonds is 2. The number of nitrogens with zero attached hydrogens (tertiary/aromatic N) is 4. The minimum atomic E-state index is 0.0806. The quantitative estimate of drug-likeness (QED) is 0.820. The van der Waals surface area contributed by atoms with E-state index < -0.39 is 0 Å². The predicted octanol–water partition coefficient (Wildman–Crippen LogP) is 4.23. The number of aromatic nitrogens is 2. The fraction of sp³-hybridized carbons (Fsp3) is 0.474. The molecule has 0 N–H and O–H groups in total. The van der Waals surface area contributed by atoms with E-state index in [4.69, 9.17) is 4.99 Å². The standard InChI is InChI=1S/C19H24N4S/c1-13-11-23-17(14-8-10-22(12-14)19(2,3)4)16(21-18(23)24-13)15-7-5-6-9-20-15/h5-10,12-13,16-17H,11H2,1-4H3. The van der Waals surface area contributed by atoms with E-state index in [1.54, 1.807) is 0 Å². The summed E-state index contributed by atoms with van der Waals surface area (Å²) >= 11 is 1.89. The second-order valence-electron chi connectivity index (χ2n) is 7.66. The monoisotopic (exact) mass is 340 g/mol. The highest BCUT2D eigenvalue weighted by molar-refractivity contribution is 8.14. The summed E-state index contributed by atoms with van der Waals surface area (Å²) in [6, 6.07) is 8.69. The number of amidine groups is 1. The van der Waals surface area contributed by atoms with Gasteiger partial charge in [0.15, 0.2) is 5.17 Å². The molecule has 3 atom stereocenters. The molecule has 0 saturated carbocycles. The van der Waals surface area contributed by atoms with Crippen LogP contribution in [0.1, 0.15) is 51.0 Å². The Morgan fingerprint density at radius 1 is 1.21 bits per heavy atom. The molecule has 1 fully saturated rings. The van der Waals surface area contributed by atoms with Crippen molar-refractivity contribution in [3.8, 4) is 0 Å². The predicted molar refractivity (Wildman–Crippen MR) is 100 cm³/mol. The van der Waals surface area contributed by atoms with Gasteiger partial charge in [-0.3, -0.25) is 9.98 Å². The van der Waals surface area contributed by atoms with Gasteiger partial charge in [-0.1, -0.05) is 24.8 Å². The van der Waals surface area contributed by atoms with E-state index in [-0.39, 0.29) is 17.6 Å². The Bertz CT molecular complexity index is 759. The van der Waals surface area contributed by atoms with E-state index in [0.717, 1.165) is 12.2 Å². The second-order valence-corrected chi connectivity index (χ2v) is 9.07. The molecule has 0 bridgehead atoms. The Morgan fingerprint density at radius 3 is 2.71 bits per heavy atom. The fourth-order valence-electron chi connectivity index (χ4n) is 3.48. The van der Waals surface area contributed by atoms with Crippen LogP contribution in [-0.4, -0.2) is 31.4 Å². The molecule has 0 aliphatic carbocycles. The molecule has 24 heavy (non-hydrogen) atoms. The van der Waals surface area contributed by atoms with Crippen LogP contribution >= 0.6 is 11.8 Å². The summed E-state index contributed by atoms with van der Waals surface area (Å²) in [5, 5.41) is 1.77. The van der Waals surface area contributed by atoms with Gasteiger partial charge >= 0.3 is 0 Å². The molecule has 0 radical (unpaired) electrons. The topological polar surface area (TPSA) is 33.4 Å². The van der Waals surface area contributed by atoms with Gasteiger partial charge in [-0.05, 0) is 44.5 Å². The van der Waals surface area contributed by atoms with Gasteiger partial charge in [0.25, 0.3) is 0 Å². The maximum Gasteiger partial charge on any atom is 0.160 e. The van der Waals surface area contributed by atoms with E-state index in [9.17, 15) is 0 Å². The molecule has 2 aromatic heterocycles. The van der Waals surface area contributed by atoms with Crippen molar-refractivity contribution in [1.29, 1.82) is 0 Å². The molecule has 0 amide bonds. The van der Waals surface area contributed by atoms with E-state index in [1.165, 1.54) is 10.7 Å². The Hall–Kier alpha value is -1.75. The van der Waals surface area contributed by atoms with Gasteiger partial charge in [-0.2, -0.15) is 0 Å². The summed E-state index contributed by atoms with van der Waals surface area (Å²) < 4.78 is 2.29. The third-order valence-electron chi connectivity index (χ3n) is 4.71. The smallest absolute Gasteiger partial charge is 0.160 e. The Labute approximate surface area is 148 Å². The maximum absolute atomic E-state index is 5.03.